The van der Waals surface area contributed by atoms with Crippen molar-refractivity contribution in [3.8, 4) is 0 Å². The van der Waals surface area contributed by atoms with Gasteiger partial charge in [0.25, 0.3) is 0 Å². The van der Waals surface area contributed by atoms with Crippen LogP contribution in [0.1, 0.15) is 13.3 Å². The summed E-state index contributed by atoms with van der Waals surface area (Å²) >= 11 is 0. The van der Waals surface area contributed by atoms with Gasteiger partial charge in [-0.2, -0.15) is 0 Å². The van der Waals surface area contributed by atoms with Crippen LogP contribution in [0.2, 0.25) is 0 Å². The minimum Gasteiger partial charge on any atom is -0.434 e. The van der Waals surface area contributed by atoms with Gasteiger partial charge in [0.05, 0.1) is 0 Å². The number of carbonyl (C=O) groups excluding carboxylic acids is 1. The van der Waals surface area contributed by atoms with Gasteiger partial charge in [0.15, 0.2) is 0 Å². The van der Waals surface area contributed by atoms with Crippen molar-refractivity contribution in [2.45, 2.75) is 13.3 Å². The van der Waals surface area contributed by atoms with Crippen molar-refractivity contribution < 1.29 is 14.3 Å². The number of ether oxygens (including phenoxy) is 2. The highest BCUT2D eigenvalue weighted by molar-refractivity contribution is 5.62. The van der Waals surface area contributed by atoms with E-state index in [4.69, 9.17) is 0 Å². The molecular weight excluding hydrogens is 120 g/mol. The summed E-state index contributed by atoms with van der Waals surface area (Å²) in [6, 6.07) is 0. The molecule has 1 heterocycles. The van der Waals surface area contributed by atoms with E-state index in [1.165, 1.54) is 0 Å². The van der Waals surface area contributed by atoms with Crippen LogP contribution in [0.15, 0.2) is 11.8 Å². The molecule has 0 aromatic rings. The second kappa shape index (κ2) is 2.53. The van der Waals surface area contributed by atoms with Crippen molar-refractivity contribution in [1.29, 1.82) is 0 Å². The fourth-order valence-corrected chi connectivity index (χ4v) is 0.626. The second-order valence-electron chi connectivity index (χ2n) is 1.71. The van der Waals surface area contributed by atoms with E-state index >= 15 is 0 Å². The lowest BCUT2D eigenvalue weighted by molar-refractivity contribution is 0.0486. The van der Waals surface area contributed by atoms with E-state index in [0.717, 1.165) is 0 Å². The van der Waals surface area contributed by atoms with Gasteiger partial charge in [-0.15, -0.1) is 0 Å². The Morgan fingerprint density at radius 1 is 1.67 bits per heavy atom. The lowest BCUT2D eigenvalue weighted by Gasteiger charge is -2.13. The predicted octanol–water partition coefficient (Wildman–Crippen LogP) is 1.45. The van der Waals surface area contributed by atoms with Gasteiger partial charge in [0, 0.05) is 6.42 Å². The van der Waals surface area contributed by atoms with Crippen molar-refractivity contribution in [2.24, 2.45) is 0 Å². The molecule has 0 aromatic carbocycles. The fourth-order valence-electron chi connectivity index (χ4n) is 0.626. The summed E-state index contributed by atoms with van der Waals surface area (Å²) in [5, 5.41) is 0. The highest BCUT2D eigenvalue weighted by Crippen LogP contribution is 2.10. The van der Waals surface area contributed by atoms with Gasteiger partial charge in [0.1, 0.15) is 12.4 Å². The van der Waals surface area contributed by atoms with Crippen LogP contribution in [-0.2, 0) is 9.47 Å². The van der Waals surface area contributed by atoms with Gasteiger partial charge < -0.3 is 9.47 Å². The molecule has 1 aliphatic heterocycles. The molecule has 3 nitrogen and oxygen atoms in total. The van der Waals surface area contributed by atoms with Crippen LogP contribution < -0.4 is 0 Å². The Labute approximate surface area is 53.3 Å². The van der Waals surface area contributed by atoms with Crippen molar-refractivity contribution in [3.63, 3.8) is 0 Å². The first-order chi connectivity index (χ1) is 4.33. The van der Waals surface area contributed by atoms with Crippen LogP contribution in [0.25, 0.3) is 0 Å². The van der Waals surface area contributed by atoms with Crippen LogP contribution in [-0.4, -0.2) is 12.8 Å². The maximum atomic E-state index is 10.3. The summed E-state index contributed by atoms with van der Waals surface area (Å²) in [4.78, 5) is 10.3. The summed E-state index contributed by atoms with van der Waals surface area (Å²) in [6.45, 7) is 2.27. The first-order valence-electron chi connectivity index (χ1n) is 2.82. The molecule has 0 atom stereocenters. The van der Waals surface area contributed by atoms with Crippen LogP contribution in [0, 0.1) is 0 Å². The quantitative estimate of drug-likeness (QED) is 0.463. The summed E-state index contributed by atoms with van der Waals surface area (Å²) < 4.78 is 9.14. The third kappa shape index (κ3) is 1.45. The molecule has 1 fully saturated rings. The molecule has 1 saturated heterocycles. The number of cyclic esters (lactones) is 2. The molecule has 1 rings (SSSR count). The molecule has 0 aliphatic carbocycles. The molecule has 1 aliphatic rings. The number of rotatable bonds is 0. The number of carbonyl (C=O) groups is 1. The standard InChI is InChI=1S/C6H8O3/c1-2-5-3-4-8-6(7)9-5/h2H,3-4H2,1H3/b5-2-. The molecule has 0 saturated carbocycles. The Morgan fingerprint density at radius 2 is 2.44 bits per heavy atom. The molecular formula is C6H8O3. The fraction of sp³-hybridized carbons (Fsp3) is 0.500. The first-order valence-corrected chi connectivity index (χ1v) is 2.82. The van der Waals surface area contributed by atoms with Crippen LogP contribution >= 0.6 is 0 Å². The van der Waals surface area contributed by atoms with Crippen molar-refractivity contribution in [1.82, 2.24) is 0 Å². The van der Waals surface area contributed by atoms with E-state index in [9.17, 15) is 4.79 Å². The van der Waals surface area contributed by atoms with Crippen LogP contribution in [0.3, 0.4) is 0 Å². The predicted molar refractivity (Wildman–Crippen MR) is 30.8 cm³/mol. The highest BCUT2D eigenvalue weighted by atomic mass is 16.7. The van der Waals surface area contributed by atoms with Gasteiger partial charge in [-0.25, -0.2) is 4.79 Å². The molecule has 0 N–H and O–H groups in total. The van der Waals surface area contributed by atoms with E-state index < -0.39 is 6.16 Å². The molecule has 9 heavy (non-hydrogen) atoms. The van der Waals surface area contributed by atoms with Crippen molar-refractivity contribution in [3.05, 3.63) is 11.8 Å². The third-order valence-corrected chi connectivity index (χ3v) is 1.10. The zero-order valence-corrected chi connectivity index (χ0v) is 5.22. The Morgan fingerprint density at radius 3 is 2.89 bits per heavy atom. The first kappa shape index (κ1) is 6.13. The molecule has 0 radical (unpaired) electrons. The van der Waals surface area contributed by atoms with Crippen molar-refractivity contribution in [2.75, 3.05) is 6.61 Å². The molecule has 0 bridgehead atoms. The van der Waals surface area contributed by atoms with Crippen LogP contribution in [0.4, 0.5) is 4.79 Å². The maximum Gasteiger partial charge on any atom is 0.513 e. The Bertz CT molecular complexity index is 148. The lowest BCUT2D eigenvalue weighted by atomic mass is 10.3. The summed E-state index contributed by atoms with van der Waals surface area (Å²) in [5.74, 6) is 0.700. The van der Waals surface area contributed by atoms with Gasteiger partial charge in [-0.05, 0) is 13.0 Å². The molecule has 0 spiro atoms. The number of allylic oxidation sites excluding steroid dienone is 1. The molecule has 50 valence electrons. The molecule has 0 aromatic heterocycles. The number of hydrogen-bond donors (Lipinski definition) is 0. The molecule has 0 unspecified atom stereocenters. The maximum absolute atomic E-state index is 10.3. The lowest BCUT2D eigenvalue weighted by Crippen LogP contribution is -2.15. The highest BCUT2D eigenvalue weighted by Gasteiger charge is 2.13. The van der Waals surface area contributed by atoms with Gasteiger partial charge >= 0.3 is 6.16 Å². The zero-order chi connectivity index (χ0) is 6.69. The smallest absolute Gasteiger partial charge is 0.434 e. The summed E-state index contributed by atoms with van der Waals surface area (Å²) in [5.41, 5.74) is 0. The Balaban J connectivity index is 2.51. The monoisotopic (exact) mass is 128 g/mol. The van der Waals surface area contributed by atoms with E-state index in [1.807, 2.05) is 6.92 Å². The molecule has 0 amide bonds. The third-order valence-electron chi connectivity index (χ3n) is 1.10. The Kier molecular flexibility index (Phi) is 1.72. The van der Waals surface area contributed by atoms with Gasteiger partial charge in [0.2, 0.25) is 0 Å². The van der Waals surface area contributed by atoms with E-state index in [2.05, 4.69) is 9.47 Å². The van der Waals surface area contributed by atoms with Gasteiger partial charge in [-0.3, -0.25) is 0 Å². The van der Waals surface area contributed by atoms with E-state index in [0.29, 0.717) is 18.8 Å². The average Bonchev–Trinajstić information content (AvgIpc) is 1.88. The SMILES string of the molecule is C/C=C1/CCOC(=O)O1. The van der Waals surface area contributed by atoms with E-state index in [1.54, 1.807) is 6.08 Å². The van der Waals surface area contributed by atoms with E-state index in [-0.39, 0.29) is 0 Å². The average molecular weight is 128 g/mol. The minimum absolute atomic E-state index is 0.443. The topological polar surface area (TPSA) is 35.5 Å². The van der Waals surface area contributed by atoms with Crippen molar-refractivity contribution >= 4 is 6.16 Å². The normalized spacial score (nSPS) is 23.2. The second-order valence-corrected chi connectivity index (χ2v) is 1.71. The molecule has 3 heteroatoms. The minimum atomic E-state index is -0.589. The number of hydrogen-bond acceptors (Lipinski definition) is 3. The van der Waals surface area contributed by atoms with Gasteiger partial charge in [-0.1, -0.05) is 0 Å². The summed E-state index contributed by atoms with van der Waals surface area (Å²) in [6.07, 6.45) is 1.87. The van der Waals surface area contributed by atoms with Crippen LogP contribution in [0.5, 0.6) is 0 Å². The Hall–Kier alpha value is -0.990. The largest absolute Gasteiger partial charge is 0.513 e. The zero-order valence-electron chi connectivity index (χ0n) is 5.22. The summed E-state index contributed by atoms with van der Waals surface area (Å²) in [7, 11) is 0.